The minimum Gasteiger partial charge on any atom is -0.347 e. The van der Waals surface area contributed by atoms with E-state index in [-0.39, 0.29) is 24.4 Å². The van der Waals surface area contributed by atoms with Crippen molar-refractivity contribution >= 4 is 11.8 Å². The SMILES string of the molecule is CCN(C)C(=O)CNC(=O)C1Cc2nc[nH]c2CN1. The van der Waals surface area contributed by atoms with Gasteiger partial charge in [0, 0.05) is 26.6 Å². The Kier molecular flexibility index (Phi) is 4.16. The van der Waals surface area contributed by atoms with Crippen molar-refractivity contribution in [1.82, 2.24) is 25.5 Å². The van der Waals surface area contributed by atoms with Crippen LogP contribution in [-0.2, 0) is 22.6 Å². The molecule has 2 heterocycles. The van der Waals surface area contributed by atoms with Crippen LogP contribution in [0.4, 0.5) is 0 Å². The van der Waals surface area contributed by atoms with Crippen LogP contribution in [0.25, 0.3) is 0 Å². The van der Waals surface area contributed by atoms with E-state index in [0.717, 1.165) is 11.4 Å². The summed E-state index contributed by atoms with van der Waals surface area (Å²) in [5, 5.41) is 5.78. The highest BCUT2D eigenvalue weighted by Crippen LogP contribution is 2.11. The fraction of sp³-hybridized carbons (Fsp3) is 0.583. The Hall–Kier alpha value is -1.89. The smallest absolute Gasteiger partial charge is 0.241 e. The van der Waals surface area contributed by atoms with Crippen molar-refractivity contribution in [1.29, 1.82) is 0 Å². The second-order valence-electron chi connectivity index (χ2n) is 4.59. The zero-order chi connectivity index (χ0) is 13.8. The molecule has 0 spiro atoms. The molecule has 1 unspecified atom stereocenters. The van der Waals surface area contributed by atoms with Crippen molar-refractivity contribution in [2.24, 2.45) is 0 Å². The van der Waals surface area contributed by atoms with Gasteiger partial charge in [-0.25, -0.2) is 4.98 Å². The summed E-state index contributed by atoms with van der Waals surface area (Å²) in [5.74, 6) is -0.251. The predicted molar refractivity (Wildman–Crippen MR) is 69.2 cm³/mol. The second kappa shape index (κ2) is 5.83. The number of nitrogens with zero attached hydrogens (tertiary/aromatic N) is 2. The Labute approximate surface area is 111 Å². The Balaban J connectivity index is 1.83. The van der Waals surface area contributed by atoms with Gasteiger partial charge in [-0.15, -0.1) is 0 Å². The number of hydrogen-bond donors (Lipinski definition) is 3. The number of hydrogen-bond acceptors (Lipinski definition) is 4. The van der Waals surface area contributed by atoms with Crippen molar-refractivity contribution in [3.05, 3.63) is 17.7 Å². The summed E-state index contributed by atoms with van der Waals surface area (Å²) < 4.78 is 0. The lowest BCUT2D eigenvalue weighted by molar-refractivity contribution is -0.132. The number of amides is 2. The largest absolute Gasteiger partial charge is 0.347 e. The molecular formula is C12H19N5O2. The molecule has 0 bridgehead atoms. The number of H-pyrrole nitrogens is 1. The van der Waals surface area contributed by atoms with E-state index in [2.05, 4.69) is 20.6 Å². The number of fused-ring (bicyclic) bond motifs is 1. The first-order chi connectivity index (χ1) is 9.11. The fourth-order valence-electron chi connectivity index (χ4n) is 1.95. The molecule has 0 saturated heterocycles. The minimum absolute atomic E-state index is 0.0365. The fourth-order valence-corrected chi connectivity index (χ4v) is 1.95. The Morgan fingerprint density at radius 2 is 2.37 bits per heavy atom. The van der Waals surface area contributed by atoms with Gasteiger partial charge in [-0.1, -0.05) is 0 Å². The van der Waals surface area contributed by atoms with E-state index in [1.165, 1.54) is 0 Å². The molecule has 0 aliphatic carbocycles. The molecule has 7 heteroatoms. The van der Waals surface area contributed by atoms with Crippen LogP contribution < -0.4 is 10.6 Å². The number of rotatable bonds is 4. The lowest BCUT2D eigenvalue weighted by Gasteiger charge is -2.22. The van der Waals surface area contributed by atoms with Gasteiger partial charge in [-0.2, -0.15) is 0 Å². The number of likely N-dealkylation sites (N-methyl/N-ethyl adjacent to an activating group) is 1. The molecule has 104 valence electrons. The number of imidazole rings is 1. The number of carbonyl (C=O) groups is 2. The van der Waals surface area contributed by atoms with Crippen LogP contribution in [0.5, 0.6) is 0 Å². The highest BCUT2D eigenvalue weighted by Gasteiger charge is 2.25. The van der Waals surface area contributed by atoms with Crippen molar-refractivity contribution in [3.8, 4) is 0 Å². The molecule has 1 aliphatic rings. The Bertz CT molecular complexity index is 470. The number of nitrogens with one attached hydrogen (secondary N) is 3. The molecule has 1 aromatic rings. The summed E-state index contributed by atoms with van der Waals surface area (Å²) >= 11 is 0. The Morgan fingerprint density at radius 3 is 3.11 bits per heavy atom. The van der Waals surface area contributed by atoms with Gasteiger partial charge in [0.2, 0.25) is 11.8 Å². The van der Waals surface area contributed by atoms with Crippen molar-refractivity contribution in [2.45, 2.75) is 25.9 Å². The van der Waals surface area contributed by atoms with Crippen LogP contribution in [0.1, 0.15) is 18.3 Å². The maximum atomic E-state index is 12.0. The van der Waals surface area contributed by atoms with Gasteiger partial charge in [-0.05, 0) is 6.92 Å². The molecule has 1 atom stereocenters. The van der Waals surface area contributed by atoms with Crippen molar-refractivity contribution in [2.75, 3.05) is 20.1 Å². The van der Waals surface area contributed by atoms with E-state index in [4.69, 9.17) is 0 Å². The number of aromatic nitrogens is 2. The first kappa shape index (κ1) is 13.5. The van der Waals surface area contributed by atoms with Crippen LogP contribution in [0, 0.1) is 0 Å². The maximum Gasteiger partial charge on any atom is 0.241 e. The lowest BCUT2D eigenvalue weighted by Crippen LogP contribution is -2.50. The molecule has 0 radical (unpaired) electrons. The molecule has 2 amide bonds. The van der Waals surface area contributed by atoms with Gasteiger partial charge in [0.05, 0.1) is 30.3 Å². The van der Waals surface area contributed by atoms with Gasteiger partial charge in [0.25, 0.3) is 0 Å². The third-order valence-electron chi connectivity index (χ3n) is 3.36. The zero-order valence-electron chi connectivity index (χ0n) is 11.2. The number of carbonyl (C=O) groups excluding carboxylic acids is 2. The normalized spacial score (nSPS) is 17.7. The molecule has 7 nitrogen and oxygen atoms in total. The van der Waals surface area contributed by atoms with E-state index < -0.39 is 0 Å². The molecular weight excluding hydrogens is 246 g/mol. The van der Waals surface area contributed by atoms with Gasteiger partial charge in [0.15, 0.2) is 0 Å². The summed E-state index contributed by atoms with van der Waals surface area (Å²) in [6, 6.07) is -0.324. The molecule has 0 saturated carbocycles. The molecule has 19 heavy (non-hydrogen) atoms. The number of aromatic amines is 1. The molecule has 1 aliphatic heterocycles. The van der Waals surface area contributed by atoms with Crippen molar-refractivity contribution in [3.63, 3.8) is 0 Å². The van der Waals surface area contributed by atoms with E-state index >= 15 is 0 Å². The molecule has 1 aromatic heterocycles. The topological polar surface area (TPSA) is 90.1 Å². The lowest BCUT2D eigenvalue weighted by atomic mass is 10.0. The summed E-state index contributed by atoms with van der Waals surface area (Å²) in [6.45, 7) is 3.15. The first-order valence-electron chi connectivity index (χ1n) is 6.38. The molecule has 0 aromatic carbocycles. The van der Waals surface area contributed by atoms with E-state index in [0.29, 0.717) is 19.5 Å². The standard InChI is InChI=1S/C12H19N5O2/c1-3-17(2)11(18)6-14-12(19)9-4-8-10(5-13-9)16-7-15-8/h7,9,13H,3-6H2,1-2H3,(H,14,19)(H,15,16). The third kappa shape index (κ3) is 3.11. The minimum atomic E-state index is -0.324. The average molecular weight is 265 g/mol. The highest BCUT2D eigenvalue weighted by molar-refractivity contribution is 5.87. The summed E-state index contributed by atoms with van der Waals surface area (Å²) in [4.78, 5) is 32.3. The quantitative estimate of drug-likeness (QED) is 0.652. The molecule has 2 rings (SSSR count). The van der Waals surface area contributed by atoms with Gasteiger partial charge >= 0.3 is 0 Å². The monoisotopic (exact) mass is 265 g/mol. The molecule has 0 fully saturated rings. The van der Waals surface area contributed by atoms with E-state index in [9.17, 15) is 9.59 Å². The van der Waals surface area contributed by atoms with Gasteiger partial charge in [0.1, 0.15) is 0 Å². The third-order valence-corrected chi connectivity index (χ3v) is 3.36. The zero-order valence-corrected chi connectivity index (χ0v) is 11.2. The van der Waals surface area contributed by atoms with Crippen LogP contribution in [0.2, 0.25) is 0 Å². The second-order valence-corrected chi connectivity index (χ2v) is 4.59. The predicted octanol–water partition coefficient (Wildman–Crippen LogP) is -0.981. The van der Waals surface area contributed by atoms with Crippen LogP contribution in [0.15, 0.2) is 6.33 Å². The van der Waals surface area contributed by atoms with Gasteiger partial charge < -0.3 is 15.2 Å². The van der Waals surface area contributed by atoms with Gasteiger partial charge in [-0.3, -0.25) is 14.9 Å². The van der Waals surface area contributed by atoms with E-state index in [1.54, 1.807) is 18.3 Å². The summed E-state index contributed by atoms with van der Waals surface area (Å²) in [7, 11) is 1.71. The average Bonchev–Trinajstić information content (AvgIpc) is 2.90. The first-order valence-corrected chi connectivity index (χ1v) is 6.38. The maximum absolute atomic E-state index is 12.0. The van der Waals surface area contributed by atoms with Crippen LogP contribution in [0.3, 0.4) is 0 Å². The van der Waals surface area contributed by atoms with Crippen molar-refractivity contribution < 1.29 is 9.59 Å². The Morgan fingerprint density at radius 1 is 1.58 bits per heavy atom. The summed E-state index contributed by atoms with van der Waals surface area (Å²) in [5.41, 5.74) is 1.93. The summed E-state index contributed by atoms with van der Waals surface area (Å²) in [6.07, 6.45) is 2.18. The van der Waals surface area contributed by atoms with Crippen LogP contribution >= 0.6 is 0 Å². The van der Waals surface area contributed by atoms with E-state index in [1.807, 2.05) is 6.92 Å². The molecule has 3 N–H and O–H groups in total. The highest BCUT2D eigenvalue weighted by atomic mass is 16.2. The van der Waals surface area contributed by atoms with Crippen LogP contribution in [-0.4, -0.2) is 52.9 Å².